The Morgan fingerprint density at radius 1 is 1.40 bits per heavy atom. The van der Waals surface area contributed by atoms with E-state index in [1.807, 2.05) is 25.1 Å². The van der Waals surface area contributed by atoms with Crippen LogP contribution in [0.4, 0.5) is 0 Å². The van der Waals surface area contributed by atoms with E-state index in [2.05, 4.69) is 27.7 Å². The molecule has 0 amide bonds. The predicted molar refractivity (Wildman–Crippen MR) is 71.3 cm³/mol. The first-order valence-electron chi connectivity index (χ1n) is 6.71. The first kappa shape index (κ1) is 12.8. The van der Waals surface area contributed by atoms with Crippen LogP contribution < -0.4 is 0 Å². The molecule has 6 heteroatoms. The SMILES string of the molecule is CC(CC(=O)O)n1nnnc1C1CC1c1ccccc1. The van der Waals surface area contributed by atoms with Gasteiger partial charge in [0.1, 0.15) is 0 Å². The van der Waals surface area contributed by atoms with Crippen LogP contribution in [0.3, 0.4) is 0 Å². The number of aromatic nitrogens is 4. The second-order valence-electron chi connectivity index (χ2n) is 5.29. The highest BCUT2D eigenvalue weighted by Crippen LogP contribution is 2.54. The van der Waals surface area contributed by atoms with E-state index in [0.717, 1.165) is 12.2 Å². The normalized spacial score (nSPS) is 22.4. The molecule has 3 atom stereocenters. The Hall–Kier alpha value is -2.24. The summed E-state index contributed by atoms with van der Waals surface area (Å²) in [6.45, 7) is 1.83. The van der Waals surface area contributed by atoms with Crippen LogP contribution in [-0.4, -0.2) is 31.3 Å². The van der Waals surface area contributed by atoms with E-state index >= 15 is 0 Å². The summed E-state index contributed by atoms with van der Waals surface area (Å²) < 4.78 is 1.65. The molecule has 0 bridgehead atoms. The number of carboxylic acids is 1. The fourth-order valence-corrected chi connectivity index (χ4v) is 2.65. The Bertz CT molecular complexity index is 611. The van der Waals surface area contributed by atoms with Crippen molar-refractivity contribution in [2.75, 3.05) is 0 Å². The van der Waals surface area contributed by atoms with Gasteiger partial charge in [0.15, 0.2) is 5.82 Å². The van der Waals surface area contributed by atoms with Crippen molar-refractivity contribution in [3.8, 4) is 0 Å². The molecule has 1 fully saturated rings. The number of tetrazole rings is 1. The number of carboxylic acid groups (broad SMARTS) is 1. The van der Waals surface area contributed by atoms with Crippen LogP contribution in [-0.2, 0) is 4.79 Å². The molecule has 1 aliphatic carbocycles. The van der Waals surface area contributed by atoms with E-state index in [9.17, 15) is 4.79 Å². The van der Waals surface area contributed by atoms with Gasteiger partial charge in [0.2, 0.25) is 0 Å². The Morgan fingerprint density at radius 3 is 2.85 bits per heavy atom. The molecule has 3 unspecified atom stereocenters. The van der Waals surface area contributed by atoms with Gasteiger partial charge < -0.3 is 5.11 Å². The minimum atomic E-state index is -0.839. The molecule has 1 N–H and O–H groups in total. The average Bonchev–Trinajstić information content (AvgIpc) is 3.07. The van der Waals surface area contributed by atoms with E-state index in [0.29, 0.717) is 11.8 Å². The van der Waals surface area contributed by atoms with Crippen LogP contribution in [0.15, 0.2) is 30.3 Å². The van der Waals surface area contributed by atoms with Crippen molar-refractivity contribution < 1.29 is 9.90 Å². The fourth-order valence-electron chi connectivity index (χ4n) is 2.65. The van der Waals surface area contributed by atoms with Crippen LogP contribution in [0.2, 0.25) is 0 Å². The minimum Gasteiger partial charge on any atom is -0.481 e. The zero-order valence-corrected chi connectivity index (χ0v) is 11.2. The Labute approximate surface area is 116 Å². The number of hydrogen-bond acceptors (Lipinski definition) is 4. The highest BCUT2D eigenvalue weighted by Gasteiger charge is 2.43. The molecule has 1 heterocycles. The van der Waals surface area contributed by atoms with Gasteiger partial charge in [-0.05, 0) is 35.3 Å². The van der Waals surface area contributed by atoms with E-state index in [1.165, 1.54) is 5.56 Å². The third-order valence-corrected chi connectivity index (χ3v) is 3.76. The lowest BCUT2D eigenvalue weighted by atomic mass is 10.1. The predicted octanol–water partition coefficient (Wildman–Crippen LogP) is 1.98. The first-order chi connectivity index (χ1) is 9.66. The number of nitrogens with zero attached hydrogens (tertiary/aromatic N) is 4. The summed E-state index contributed by atoms with van der Waals surface area (Å²) >= 11 is 0. The molecule has 3 rings (SSSR count). The molecule has 0 aliphatic heterocycles. The Balaban J connectivity index is 1.77. The van der Waals surface area contributed by atoms with Gasteiger partial charge in [0.05, 0.1) is 12.5 Å². The van der Waals surface area contributed by atoms with Gasteiger partial charge in [-0.3, -0.25) is 4.79 Å². The highest BCUT2D eigenvalue weighted by molar-refractivity contribution is 5.67. The van der Waals surface area contributed by atoms with E-state index in [-0.39, 0.29) is 12.5 Å². The van der Waals surface area contributed by atoms with Crippen molar-refractivity contribution in [3.05, 3.63) is 41.7 Å². The maximum atomic E-state index is 10.8. The van der Waals surface area contributed by atoms with Crippen LogP contribution in [0, 0.1) is 0 Å². The number of hydrogen-bond donors (Lipinski definition) is 1. The summed E-state index contributed by atoms with van der Waals surface area (Å²) in [4.78, 5) is 10.8. The van der Waals surface area contributed by atoms with Gasteiger partial charge in [0.25, 0.3) is 0 Å². The summed E-state index contributed by atoms with van der Waals surface area (Å²) in [5, 5.41) is 20.6. The molecule has 2 aromatic rings. The Morgan fingerprint density at radius 2 is 2.15 bits per heavy atom. The lowest BCUT2D eigenvalue weighted by Gasteiger charge is -2.10. The van der Waals surface area contributed by atoms with Gasteiger partial charge >= 0.3 is 5.97 Å². The monoisotopic (exact) mass is 272 g/mol. The molecule has 1 aliphatic rings. The average molecular weight is 272 g/mol. The van der Waals surface area contributed by atoms with Crippen molar-refractivity contribution in [2.45, 2.75) is 37.6 Å². The second kappa shape index (κ2) is 5.03. The molecule has 1 aromatic carbocycles. The number of aliphatic carboxylic acids is 1. The van der Waals surface area contributed by atoms with Gasteiger partial charge in [-0.1, -0.05) is 30.3 Å². The fraction of sp³-hybridized carbons (Fsp3) is 0.429. The molecule has 6 nitrogen and oxygen atoms in total. The molecule has 1 saturated carbocycles. The quantitative estimate of drug-likeness (QED) is 0.900. The van der Waals surface area contributed by atoms with Crippen LogP contribution >= 0.6 is 0 Å². The first-order valence-corrected chi connectivity index (χ1v) is 6.71. The molecule has 0 spiro atoms. The number of rotatable bonds is 5. The third kappa shape index (κ3) is 2.41. The standard InChI is InChI=1S/C14H16N4O2/c1-9(7-13(19)20)18-14(15-16-17-18)12-8-11(12)10-5-3-2-4-6-10/h2-6,9,11-12H,7-8H2,1H3,(H,19,20). The van der Waals surface area contributed by atoms with E-state index in [4.69, 9.17) is 5.11 Å². The second-order valence-corrected chi connectivity index (χ2v) is 5.29. The molecule has 104 valence electrons. The van der Waals surface area contributed by atoms with Gasteiger partial charge in [0, 0.05) is 5.92 Å². The summed E-state index contributed by atoms with van der Waals surface area (Å²) in [6.07, 6.45) is 1.05. The van der Waals surface area contributed by atoms with E-state index < -0.39 is 5.97 Å². The topological polar surface area (TPSA) is 80.9 Å². The third-order valence-electron chi connectivity index (χ3n) is 3.76. The lowest BCUT2D eigenvalue weighted by molar-refractivity contribution is -0.137. The number of benzene rings is 1. The van der Waals surface area contributed by atoms with E-state index in [1.54, 1.807) is 4.68 Å². The van der Waals surface area contributed by atoms with Gasteiger partial charge in [-0.2, -0.15) is 0 Å². The minimum absolute atomic E-state index is 0.0285. The Kier molecular flexibility index (Phi) is 3.22. The van der Waals surface area contributed by atoms with Crippen LogP contribution in [0.1, 0.15) is 49.0 Å². The molecular weight excluding hydrogens is 256 g/mol. The summed E-state index contributed by atoms with van der Waals surface area (Å²) in [6, 6.07) is 10.1. The van der Waals surface area contributed by atoms with Gasteiger partial charge in [-0.15, -0.1) is 5.10 Å². The van der Waals surface area contributed by atoms with Crippen molar-refractivity contribution in [3.63, 3.8) is 0 Å². The van der Waals surface area contributed by atoms with Crippen molar-refractivity contribution in [1.29, 1.82) is 0 Å². The largest absolute Gasteiger partial charge is 0.481 e. The summed E-state index contributed by atoms with van der Waals surface area (Å²) in [5.41, 5.74) is 1.29. The number of carbonyl (C=O) groups is 1. The summed E-state index contributed by atoms with van der Waals surface area (Å²) in [5.74, 6) is 0.698. The summed E-state index contributed by atoms with van der Waals surface area (Å²) in [7, 11) is 0. The highest BCUT2D eigenvalue weighted by atomic mass is 16.4. The maximum absolute atomic E-state index is 10.8. The molecular formula is C14H16N4O2. The van der Waals surface area contributed by atoms with Crippen LogP contribution in [0.5, 0.6) is 0 Å². The lowest BCUT2D eigenvalue weighted by Crippen LogP contribution is -2.14. The van der Waals surface area contributed by atoms with Crippen molar-refractivity contribution in [2.24, 2.45) is 0 Å². The zero-order chi connectivity index (χ0) is 14.1. The zero-order valence-electron chi connectivity index (χ0n) is 11.2. The smallest absolute Gasteiger partial charge is 0.305 e. The van der Waals surface area contributed by atoms with Crippen molar-refractivity contribution >= 4 is 5.97 Å². The molecule has 0 saturated heterocycles. The van der Waals surface area contributed by atoms with Crippen molar-refractivity contribution in [1.82, 2.24) is 20.2 Å². The molecule has 20 heavy (non-hydrogen) atoms. The maximum Gasteiger partial charge on any atom is 0.305 e. The van der Waals surface area contributed by atoms with Gasteiger partial charge in [-0.25, -0.2) is 4.68 Å². The van der Waals surface area contributed by atoms with Crippen LogP contribution in [0.25, 0.3) is 0 Å². The molecule has 1 aromatic heterocycles. The molecule has 0 radical (unpaired) electrons.